The Kier molecular flexibility index (Phi) is 250. The predicted octanol–water partition coefficient (Wildman–Crippen LogP) is -2.11. The van der Waals surface area contributed by atoms with Gasteiger partial charge < -0.3 is 0 Å². The Labute approximate surface area is 92.3 Å². The molecular formula is H5AlCoCuMgZn. The van der Waals surface area contributed by atoms with Crippen LogP contribution in [0.2, 0.25) is 0 Å². The summed E-state index contributed by atoms with van der Waals surface area (Å²) in [6, 6.07) is 0. The number of rotatable bonds is 0. The van der Waals surface area contributed by atoms with Gasteiger partial charge in [-0.3, -0.25) is 0 Å². The van der Waals surface area contributed by atoms with Crippen LogP contribution in [0.3, 0.4) is 0 Å². The second kappa shape index (κ2) is 28.3. The van der Waals surface area contributed by atoms with E-state index in [4.69, 9.17) is 0 Å². The van der Waals surface area contributed by atoms with Gasteiger partial charge in [-0.05, 0) is 0 Å². The van der Waals surface area contributed by atoms with Crippen LogP contribution >= 0.6 is 0 Å². The van der Waals surface area contributed by atoms with Crippen molar-refractivity contribution in [2.45, 2.75) is 0 Å². The van der Waals surface area contributed by atoms with Crippen LogP contribution in [0.25, 0.3) is 0 Å². The second-order valence-electron chi connectivity index (χ2n) is 0. The van der Waals surface area contributed by atoms with Crippen molar-refractivity contribution in [3.8, 4) is 0 Å². The molecule has 0 spiro atoms. The van der Waals surface area contributed by atoms with E-state index in [0.29, 0.717) is 0 Å². The third-order valence-electron chi connectivity index (χ3n) is 0. The summed E-state index contributed by atoms with van der Waals surface area (Å²) in [5.74, 6) is 0. The summed E-state index contributed by atoms with van der Waals surface area (Å²) in [6.45, 7) is 0. The van der Waals surface area contributed by atoms with E-state index in [1.54, 1.807) is 0 Å². The molecule has 2 radical (unpaired) electrons. The smallest absolute Gasteiger partial charge is 0 e. The minimum Gasteiger partial charge on any atom is 0 e. The fraction of sp³-hybridized carbons (Fsp3) is 0. The van der Waals surface area contributed by atoms with E-state index in [1.165, 1.54) is 0 Å². The van der Waals surface area contributed by atoms with E-state index < -0.39 is 0 Å². The summed E-state index contributed by atoms with van der Waals surface area (Å²) in [4.78, 5) is 0. The van der Waals surface area contributed by atoms with Crippen molar-refractivity contribution in [2.24, 2.45) is 0 Å². The first-order chi connectivity index (χ1) is 0. The summed E-state index contributed by atoms with van der Waals surface area (Å²) in [6.07, 6.45) is 0. The van der Waals surface area contributed by atoms with Gasteiger partial charge in [-0.25, -0.2) is 0 Å². The largest absolute Gasteiger partial charge is 0.316 e. The summed E-state index contributed by atoms with van der Waals surface area (Å²) in [5, 5.41) is 0. The molecule has 0 aromatic rings. The van der Waals surface area contributed by atoms with Crippen LogP contribution in [0.4, 0.5) is 0 Å². The Morgan fingerprint density at radius 1 is 1.00 bits per heavy atom. The molecule has 0 rings (SSSR count). The molecule has 5 heteroatoms. The minimum absolute atomic E-state index is 0. The molecule has 0 atom stereocenters. The zero-order valence-electron chi connectivity index (χ0n) is 1.34. The molecule has 0 nitrogen and oxygen atoms in total. The maximum absolute atomic E-state index is 0. The van der Waals surface area contributed by atoms with Crippen LogP contribution in [0.5, 0.6) is 0 Å². The van der Waals surface area contributed by atoms with Crippen molar-refractivity contribution < 1.29 is 53.3 Å². The molecule has 0 fully saturated rings. The molecule has 0 aliphatic rings. The van der Waals surface area contributed by atoms with Gasteiger partial charge in [-0.15, -0.1) is 0 Å². The Hall–Kier alpha value is 2.95. The fourth-order valence-corrected chi connectivity index (χ4v) is 0. The van der Waals surface area contributed by atoms with Crippen molar-refractivity contribution >= 4 is 40.4 Å². The van der Waals surface area contributed by atoms with Gasteiger partial charge in [0.25, 0.3) is 0 Å². The van der Waals surface area contributed by atoms with Crippen LogP contribution < -0.4 is 0 Å². The first-order valence-corrected chi connectivity index (χ1v) is 0. The van der Waals surface area contributed by atoms with Gasteiger partial charge in [0.1, 0.15) is 0 Å². The van der Waals surface area contributed by atoms with Gasteiger partial charge in [0.2, 0.25) is 0 Å². The van der Waals surface area contributed by atoms with E-state index in [-0.39, 0.29) is 93.7 Å². The molecule has 0 aromatic carbocycles. The van der Waals surface area contributed by atoms with Gasteiger partial charge in [-0.2, -0.15) is 0 Å². The third-order valence-corrected chi connectivity index (χ3v) is 0. The summed E-state index contributed by atoms with van der Waals surface area (Å²) in [5.41, 5.74) is 0. The van der Waals surface area contributed by atoms with Crippen LogP contribution in [-0.4, -0.2) is 40.4 Å². The average Bonchev–Trinajstić information content (AvgIpc) is 0. The Morgan fingerprint density at radius 3 is 1.00 bits per heavy atom. The van der Waals surface area contributed by atoms with Crippen molar-refractivity contribution in [1.82, 2.24) is 0 Å². The molecule has 0 amide bonds. The van der Waals surface area contributed by atoms with Gasteiger partial charge in [0.15, 0.2) is 17.4 Å². The maximum atomic E-state index is 0. The first kappa shape index (κ1) is 44.1. The molecule has 0 saturated carbocycles. The quantitative estimate of drug-likeness (QED) is 0.428. The molecule has 0 N–H and O–H groups in total. The van der Waals surface area contributed by atoms with Crippen LogP contribution in [0.1, 0.15) is 0 Å². The molecule has 0 aliphatic heterocycles. The van der Waals surface area contributed by atoms with Gasteiger partial charge in [-0.1, -0.05) is 0 Å². The molecule has 0 aliphatic carbocycles. The Balaban J connectivity index is 0. The SMILES string of the molecule is [AlH3].[Co].[Cu].[MgH2].[Zn]. The molecule has 0 saturated heterocycles. The van der Waals surface area contributed by atoms with Crippen molar-refractivity contribution in [1.29, 1.82) is 0 Å². The zero-order valence-corrected chi connectivity index (χ0v) is 6.29. The predicted molar refractivity (Wildman–Crippen MR) is 18.5 cm³/mol. The van der Waals surface area contributed by atoms with Gasteiger partial charge in [0, 0.05) is 53.3 Å². The van der Waals surface area contributed by atoms with E-state index in [2.05, 4.69) is 0 Å². The van der Waals surface area contributed by atoms with E-state index in [0.717, 1.165) is 0 Å². The third kappa shape index (κ3) is 19.6. The standard InChI is InChI=1S/Al.Co.Cu.Mg.Zn.5H. The molecule has 0 unspecified atom stereocenters. The van der Waals surface area contributed by atoms with Gasteiger partial charge >= 0.3 is 23.1 Å². The Bertz CT molecular complexity index is 11.6. The molecule has 0 bridgehead atoms. The normalized spacial score (nSPS) is 0. The van der Waals surface area contributed by atoms with Crippen LogP contribution in [0.15, 0.2) is 0 Å². The average molecular weight is 244 g/mol. The minimum atomic E-state index is 0. The Morgan fingerprint density at radius 2 is 1.00 bits per heavy atom. The van der Waals surface area contributed by atoms with Crippen LogP contribution in [-0.2, 0) is 53.3 Å². The summed E-state index contributed by atoms with van der Waals surface area (Å²) in [7, 11) is 0. The maximum Gasteiger partial charge on any atom is 0.316 e. The van der Waals surface area contributed by atoms with Crippen LogP contribution in [0, 0.1) is 0 Å². The van der Waals surface area contributed by atoms with E-state index in [1.807, 2.05) is 0 Å². The van der Waals surface area contributed by atoms with Gasteiger partial charge in [0.05, 0.1) is 0 Å². The molecule has 5 heavy (non-hydrogen) atoms. The molecule has 32 valence electrons. The number of hydrogen-bond donors (Lipinski definition) is 0. The number of hydrogen-bond acceptors (Lipinski definition) is 0. The van der Waals surface area contributed by atoms with E-state index in [9.17, 15) is 0 Å². The zero-order chi connectivity index (χ0) is 0. The topological polar surface area (TPSA) is 0 Å². The van der Waals surface area contributed by atoms with Crippen molar-refractivity contribution in [3.63, 3.8) is 0 Å². The van der Waals surface area contributed by atoms with E-state index >= 15 is 0 Å². The van der Waals surface area contributed by atoms with Crippen molar-refractivity contribution in [2.75, 3.05) is 0 Å². The summed E-state index contributed by atoms with van der Waals surface area (Å²) >= 11 is 0. The monoisotopic (exact) mass is 242 g/mol. The fourth-order valence-electron chi connectivity index (χ4n) is 0. The molecular weight excluding hydrogens is 239 g/mol. The van der Waals surface area contributed by atoms with Crippen molar-refractivity contribution in [3.05, 3.63) is 0 Å². The first-order valence-electron chi connectivity index (χ1n) is 0. The molecule has 0 aromatic heterocycles. The second-order valence-corrected chi connectivity index (χ2v) is 0. The molecule has 0 heterocycles. The summed E-state index contributed by atoms with van der Waals surface area (Å²) < 4.78 is 0.